The predicted octanol–water partition coefficient (Wildman–Crippen LogP) is 4.72. The summed E-state index contributed by atoms with van der Waals surface area (Å²) in [6, 6.07) is 22.8. The number of Topliss-reactive ketones (excluding diaryl/α,β-unsaturated/α-hetero) is 1. The Hall–Kier alpha value is -4.17. The number of nitrogens with zero attached hydrogens (tertiary/aromatic N) is 2. The van der Waals surface area contributed by atoms with Crippen molar-refractivity contribution in [2.45, 2.75) is 38.3 Å². The van der Waals surface area contributed by atoms with Crippen molar-refractivity contribution in [2.24, 2.45) is 11.8 Å². The quantitative estimate of drug-likeness (QED) is 0.367. The largest absolute Gasteiger partial charge is 0.497 e. The lowest BCUT2D eigenvalue weighted by atomic mass is 9.76. The maximum Gasteiger partial charge on any atom is 0.246 e. The first-order valence-electron chi connectivity index (χ1n) is 15.0. The van der Waals surface area contributed by atoms with Crippen LogP contribution >= 0.6 is 0 Å². The summed E-state index contributed by atoms with van der Waals surface area (Å²) >= 11 is 0. The Kier molecular flexibility index (Phi) is 9.46. The van der Waals surface area contributed by atoms with Crippen molar-refractivity contribution in [2.75, 3.05) is 40.4 Å². The van der Waals surface area contributed by atoms with Crippen LogP contribution in [0.5, 0.6) is 11.5 Å². The average Bonchev–Trinajstić information content (AvgIpc) is 3.41. The van der Waals surface area contributed by atoms with E-state index >= 15 is 0 Å². The first-order chi connectivity index (χ1) is 20.8. The molecule has 226 valence electrons. The van der Waals surface area contributed by atoms with E-state index in [9.17, 15) is 14.4 Å². The van der Waals surface area contributed by atoms with Crippen LogP contribution in [0.2, 0.25) is 0 Å². The molecule has 4 unspecified atom stereocenters. The topological polar surface area (TPSA) is 88.2 Å². The van der Waals surface area contributed by atoms with Crippen molar-refractivity contribution in [3.05, 3.63) is 95.6 Å². The zero-order chi connectivity index (χ0) is 30.5. The summed E-state index contributed by atoms with van der Waals surface area (Å²) in [5, 5.41) is 3.32. The van der Waals surface area contributed by atoms with E-state index in [0.29, 0.717) is 43.2 Å². The van der Waals surface area contributed by atoms with Gasteiger partial charge >= 0.3 is 0 Å². The van der Waals surface area contributed by atoms with Gasteiger partial charge in [-0.2, -0.15) is 0 Å². The van der Waals surface area contributed by atoms with E-state index in [1.54, 1.807) is 43.4 Å². The van der Waals surface area contributed by atoms with Gasteiger partial charge in [0.25, 0.3) is 0 Å². The normalized spacial score (nSPS) is 22.0. The molecule has 2 aliphatic heterocycles. The molecule has 0 radical (unpaired) electrons. The van der Waals surface area contributed by atoms with Gasteiger partial charge in [0, 0.05) is 44.1 Å². The minimum atomic E-state index is -0.842. The van der Waals surface area contributed by atoms with Crippen LogP contribution in [0.1, 0.15) is 53.7 Å². The highest BCUT2D eigenvalue weighted by Gasteiger charge is 2.58. The molecule has 5 rings (SSSR count). The number of nitrogens with one attached hydrogen (secondary N) is 1. The lowest BCUT2D eigenvalue weighted by Gasteiger charge is -2.36. The van der Waals surface area contributed by atoms with Crippen LogP contribution in [-0.4, -0.2) is 73.8 Å². The lowest BCUT2D eigenvalue weighted by molar-refractivity contribution is -0.146. The van der Waals surface area contributed by atoms with Crippen molar-refractivity contribution in [1.29, 1.82) is 0 Å². The summed E-state index contributed by atoms with van der Waals surface area (Å²) in [6.45, 7) is 6.46. The van der Waals surface area contributed by atoms with E-state index in [2.05, 4.69) is 5.32 Å². The van der Waals surface area contributed by atoms with Gasteiger partial charge in [-0.3, -0.25) is 14.4 Å². The van der Waals surface area contributed by atoms with E-state index in [1.165, 1.54) is 0 Å². The van der Waals surface area contributed by atoms with Crippen LogP contribution < -0.4 is 14.8 Å². The molecule has 4 atom stereocenters. The number of piperazine rings is 1. The molecule has 2 fully saturated rings. The SMILES string of the molecule is COc1ccc(C(=O)C2C(c3ccccc3)C(C(=O)N3CCNCC3)N(C(=O)CC(C)C)C2c2ccc(OC)cc2)cc1. The molecule has 2 amide bonds. The number of benzene rings is 3. The van der Waals surface area contributed by atoms with Gasteiger partial charge in [-0.1, -0.05) is 56.3 Å². The molecule has 0 aromatic heterocycles. The minimum Gasteiger partial charge on any atom is -0.497 e. The van der Waals surface area contributed by atoms with E-state index in [4.69, 9.17) is 9.47 Å². The number of amides is 2. The monoisotopic (exact) mass is 583 g/mol. The Morgan fingerprint density at radius 1 is 0.814 bits per heavy atom. The Morgan fingerprint density at radius 2 is 1.40 bits per heavy atom. The maximum absolute atomic E-state index is 14.7. The number of ketones is 1. The smallest absolute Gasteiger partial charge is 0.246 e. The molecule has 0 spiro atoms. The van der Waals surface area contributed by atoms with Crippen LogP contribution in [0.4, 0.5) is 0 Å². The number of ether oxygens (including phenoxy) is 2. The fourth-order valence-corrected chi connectivity index (χ4v) is 6.51. The second kappa shape index (κ2) is 13.4. The summed E-state index contributed by atoms with van der Waals surface area (Å²) in [7, 11) is 3.19. The molecular formula is C35H41N3O5. The summed E-state index contributed by atoms with van der Waals surface area (Å²) in [5.74, 6) is -0.228. The zero-order valence-corrected chi connectivity index (χ0v) is 25.4. The van der Waals surface area contributed by atoms with Crippen LogP contribution in [0.25, 0.3) is 0 Å². The summed E-state index contributed by atoms with van der Waals surface area (Å²) in [6.07, 6.45) is 0.267. The maximum atomic E-state index is 14.7. The fourth-order valence-electron chi connectivity index (χ4n) is 6.51. The minimum absolute atomic E-state index is 0.0745. The molecule has 1 N–H and O–H groups in total. The van der Waals surface area contributed by atoms with Crippen molar-refractivity contribution in [1.82, 2.24) is 15.1 Å². The molecule has 3 aromatic rings. The molecule has 8 nitrogen and oxygen atoms in total. The fraction of sp³-hybridized carbons (Fsp3) is 0.400. The number of rotatable bonds is 9. The zero-order valence-electron chi connectivity index (χ0n) is 25.4. The Morgan fingerprint density at radius 3 is 1.95 bits per heavy atom. The van der Waals surface area contributed by atoms with Gasteiger partial charge in [-0.15, -0.1) is 0 Å². The Bertz CT molecular complexity index is 1400. The number of methoxy groups -OCH3 is 2. The highest BCUT2D eigenvalue weighted by molar-refractivity contribution is 6.02. The molecule has 3 aromatic carbocycles. The average molecular weight is 584 g/mol. The molecule has 0 bridgehead atoms. The van der Waals surface area contributed by atoms with Gasteiger partial charge in [0.05, 0.1) is 26.2 Å². The second-order valence-corrected chi connectivity index (χ2v) is 11.7. The number of likely N-dealkylation sites (tertiary alicyclic amines) is 1. The van der Waals surface area contributed by atoms with E-state index < -0.39 is 23.9 Å². The van der Waals surface area contributed by atoms with Crippen LogP contribution in [0.3, 0.4) is 0 Å². The predicted molar refractivity (Wildman–Crippen MR) is 165 cm³/mol. The van der Waals surface area contributed by atoms with Gasteiger partial charge in [0.2, 0.25) is 11.8 Å². The molecule has 2 aliphatic rings. The van der Waals surface area contributed by atoms with Crippen molar-refractivity contribution in [3.8, 4) is 11.5 Å². The van der Waals surface area contributed by atoms with Crippen molar-refractivity contribution in [3.63, 3.8) is 0 Å². The van der Waals surface area contributed by atoms with Crippen LogP contribution in [-0.2, 0) is 9.59 Å². The third-order valence-electron chi connectivity index (χ3n) is 8.54. The van der Waals surface area contributed by atoms with Gasteiger partial charge < -0.3 is 24.6 Å². The standard InChI is InChI=1S/C35H41N3O5/c1-23(2)22-29(39)38-32(25-10-14-27(42-3)15-11-25)31(34(40)26-12-16-28(43-4)17-13-26)30(24-8-6-5-7-9-24)33(38)35(41)37-20-18-36-19-21-37/h5-17,23,30-33,36H,18-22H2,1-4H3. The summed E-state index contributed by atoms with van der Waals surface area (Å²) in [5.41, 5.74) is 2.17. The van der Waals surface area contributed by atoms with Crippen LogP contribution in [0.15, 0.2) is 78.9 Å². The molecule has 0 saturated carbocycles. The number of carbonyl (C=O) groups is 3. The van der Waals surface area contributed by atoms with Gasteiger partial charge in [0.1, 0.15) is 17.5 Å². The van der Waals surface area contributed by atoms with E-state index in [1.807, 2.05) is 73.3 Å². The van der Waals surface area contributed by atoms with Crippen molar-refractivity contribution >= 4 is 17.6 Å². The number of hydrogen-bond acceptors (Lipinski definition) is 6. The van der Waals surface area contributed by atoms with E-state index in [-0.39, 0.29) is 29.9 Å². The summed E-state index contributed by atoms with van der Waals surface area (Å²) in [4.78, 5) is 47.2. The Balaban J connectivity index is 1.73. The van der Waals surface area contributed by atoms with Crippen LogP contribution in [0, 0.1) is 11.8 Å². The first kappa shape index (κ1) is 30.3. The highest BCUT2D eigenvalue weighted by Crippen LogP contribution is 2.52. The molecule has 0 aliphatic carbocycles. The molecule has 8 heteroatoms. The first-order valence-corrected chi connectivity index (χ1v) is 15.0. The highest BCUT2D eigenvalue weighted by atomic mass is 16.5. The third-order valence-corrected chi connectivity index (χ3v) is 8.54. The summed E-state index contributed by atoms with van der Waals surface area (Å²) < 4.78 is 10.8. The molecule has 2 saturated heterocycles. The number of hydrogen-bond donors (Lipinski definition) is 1. The molecule has 2 heterocycles. The second-order valence-electron chi connectivity index (χ2n) is 11.7. The van der Waals surface area contributed by atoms with Gasteiger partial charge in [-0.05, 0) is 53.4 Å². The Labute approximate surface area is 254 Å². The molecule has 43 heavy (non-hydrogen) atoms. The third kappa shape index (κ3) is 6.30. The van der Waals surface area contributed by atoms with E-state index in [0.717, 1.165) is 11.1 Å². The number of carbonyl (C=O) groups excluding carboxylic acids is 3. The van der Waals surface area contributed by atoms with Gasteiger partial charge in [0.15, 0.2) is 5.78 Å². The molecular weight excluding hydrogens is 542 g/mol. The van der Waals surface area contributed by atoms with Gasteiger partial charge in [-0.25, -0.2) is 0 Å². The van der Waals surface area contributed by atoms with Crippen molar-refractivity contribution < 1.29 is 23.9 Å². The lowest BCUT2D eigenvalue weighted by Crippen LogP contribution is -2.55.